The molecule has 1 fully saturated rings. The predicted octanol–water partition coefficient (Wildman–Crippen LogP) is 3.95. The molecular formula is C22H21N5O2. The quantitative estimate of drug-likeness (QED) is 0.550. The van der Waals surface area contributed by atoms with Crippen LogP contribution in [0.1, 0.15) is 25.3 Å². The Kier molecular flexibility index (Phi) is 4.37. The molecule has 29 heavy (non-hydrogen) atoms. The highest BCUT2D eigenvalue weighted by atomic mass is 16.5. The normalized spacial score (nSPS) is 18.9. The molecule has 0 radical (unpaired) electrons. The third-order valence-electron chi connectivity index (χ3n) is 5.35. The first kappa shape index (κ1) is 17.6. The van der Waals surface area contributed by atoms with Gasteiger partial charge in [0.1, 0.15) is 29.3 Å². The lowest BCUT2D eigenvalue weighted by Gasteiger charge is -2.10. The number of para-hydroxylation sites is 1. The molecule has 2 aromatic heterocycles. The Morgan fingerprint density at radius 1 is 0.966 bits per heavy atom. The van der Waals surface area contributed by atoms with Gasteiger partial charge in [-0.2, -0.15) is 5.10 Å². The summed E-state index contributed by atoms with van der Waals surface area (Å²) in [6, 6.07) is 17.5. The minimum atomic E-state index is -0.295. The fraction of sp³-hybridized carbons (Fsp3) is 0.227. The van der Waals surface area contributed by atoms with Crippen molar-refractivity contribution < 1.29 is 9.84 Å². The van der Waals surface area contributed by atoms with E-state index < -0.39 is 0 Å². The second-order valence-corrected chi connectivity index (χ2v) is 7.31. The van der Waals surface area contributed by atoms with Gasteiger partial charge < -0.3 is 15.6 Å². The minimum Gasteiger partial charge on any atom is -0.457 e. The number of aliphatic hydroxyl groups excluding tert-OH is 1. The van der Waals surface area contributed by atoms with Crippen LogP contribution < -0.4 is 10.5 Å². The first-order chi connectivity index (χ1) is 14.2. The molecule has 0 saturated heterocycles. The molecule has 146 valence electrons. The van der Waals surface area contributed by atoms with Gasteiger partial charge >= 0.3 is 0 Å². The zero-order chi connectivity index (χ0) is 19.8. The van der Waals surface area contributed by atoms with Gasteiger partial charge in [-0.05, 0) is 55.7 Å². The number of hydrogen-bond donors (Lipinski definition) is 2. The standard InChI is InChI=1S/C22H21N5O2/c23-21-19-20(14-6-10-18(11-7-14)29-17-4-2-1-3-5-17)26-27(22(19)25-13-24-21)15-8-9-16(28)12-15/h1-7,10-11,13,15-16,28H,8-9,12H2,(H2,23,24,25). The number of fused-ring (bicyclic) bond motifs is 1. The maximum atomic E-state index is 9.95. The van der Waals surface area contributed by atoms with Crippen molar-refractivity contribution in [3.63, 3.8) is 0 Å². The van der Waals surface area contributed by atoms with Crippen molar-refractivity contribution in [3.8, 4) is 22.8 Å². The Morgan fingerprint density at radius 2 is 1.72 bits per heavy atom. The topological polar surface area (TPSA) is 99.1 Å². The molecule has 7 nitrogen and oxygen atoms in total. The molecule has 0 spiro atoms. The van der Waals surface area contributed by atoms with Crippen LogP contribution in [0.25, 0.3) is 22.3 Å². The van der Waals surface area contributed by atoms with Gasteiger partial charge in [0.25, 0.3) is 0 Å². The number of nitrogen functional groups attached to an aromatic ring is 1. The Labute approximate surface area is 167 Å². The molecule has 1 aliphatic carbocycles. The number of aliphatic hydroxyl groups is 1. The summed E-state index contributed by atoms with van der Waals surface area (Å²) in [6.07, 6.45) is 3.47. The molecule has 3 N–H and O–H groups in total. The largest absolute Gasteiger partial charge is 0.457 e. The number of ether oxygens (including phenoxy) is 1. The monoisotopic (exact) mass is 387 g/mol. The number of rotatable bonds is 4. The number of aromatic nitrogens is 4. The number of anilines is 1. The summed E-state index contributed by atoms with van der Waals surface area (Å²) in [5.41, 5.74) is 8.54. The van der Waals surface area contributed by atoms with Gasteiger partial charge in [0.2, 0.25) is 0 Å². The lowest BCUT2D eigenvalue weighted by molar-refractivity contribution is 0.177. The van der Waals surface area contributed by atoms with Crippen molar-refractivity contribution >= 4 is 16.9 Å². The molecule has 0 amide bonds. The first-order valence-electron chi connectivity index (χ1n) is 9.69. The predicted molar refractivity (Wildman–Crippen MR) is 111 cm³/mol. The van der Waals surface area contributed by atoms with Gasteiger partial charge in [-0.3, -0.25) is 0 Å². The van der Waals surface area contributed by atoms with E-state index in [4.69, 9.17) is 15.6 Å². The third-order valence-corrected chi connectivity index (χ3v) is 5.35. The Morgan fingerprint density at radius 3 is 2.45 bits per heavy atom. The molecule has 1 saturated carbocycles. The lowest BCUT2D eigenvalue weighted by Crippen LogP contribution is -2.09. The van der Waals surface area contributed by atoms with Crippen molar-refractivity contribution in [1.82, 2.24) is 19.7 Å². The fourth-order valence-electron chi connectivity index (χ4n) is 3.91. The maximum Gasteiger partial charge on any atom is 0.164 e. The van der Waals surface area contributed by atoms with Crippen molar-refractivity contribution in [3.05, 3.63) is 60.9 Å². The average Bonchev–Trinajstić information content (AvgIpc) is 3.34. The number of hydrogen-bond acceptors (Lipinski definition) is 6. The highest BCUT2D eigenvalue weighted by molar-refractivity contribution is 5.98. The smallest absolute Gasteiger partial charge is 0.164 e. The molecule has 5 rings (SSSR count). The summed E-state index contributed by atoms with van der Waals surface area (Å²) in [5.74, 6) is 1.93. The van der Waals surface area contributed by atoms with E-state index in [0.717, 1.165) is 41.0 Å². The molecule has 2 heterocycles. The number of nitrogens with zero attached hydrogens (tertiary/aromatic N) is 4. The van der Waals surface area contributed by atoms with Crippen LogP contribution in [0.4, 0.5) is 5.82 Å². The van der Waals surface area contributed by atoms with Gasteiger partial charge in [0.15, 0.2) is 5.65 Å². The molecule has 2 atom stereocenters. The van der Waals surface area contributed by atoms with Crippen LogP contribution in [-0.2, 0) is 0 Å². The highest BCUT2D eigenvalue weighted by Gasteiger charge is 2.28. The average molecular weight is 387 g/mol. The Balaban J connectivity index is 1.53. The van der Waals surface area contributed by atoms with Gasteiger partial charge in [-0.1, -0.05) is 18.2 Å². The number of benzene rings is 2. The molecule has 7 heteroatoms. The van der Waals surface area contributed by atoms with Crippen molar-refractivity contribution in [1.29, 1.82) is 0 Å². The van der Waals surface area contributed by atoms with Crippen LogP contribution in [0.3, 0.4) is 0 Å². The van der Waals surface area contributed by atoms with Crippen LogP contribution >= 0.6 is 0 Å². The molecule has 2 aromatic carbocycles. The highest BCUT2D eigenvalue weighted by Crippen LogP contribution is 2.37. The third kappa shape index (κ3) is 3.30. The van der Waals surface area contributed by atoms with Crippen LogP contribution in [0.15, 0.2) is 60.9 Å². The summed E-state index contributed by atoms with van der Waals surface area (Å²) in [6.45, 7) is 0. The van der Waals surface area contributed by atoms with E-state index in [1.165, 1.54) is 6.33 Å². The summed E-state index contributed by atoms with van der Waals surface area (Å²) in [5, 5.41) is 15.5. The minimum absolute atomic E-state index is 0.108. The van der Waals surface area contributed by atoms with E-state index in [2.05, 4.69) is 9.97 Å². The van der Waals surface area contributed by atoms with Gasteiger partial charge in [0, 0.05) is 5.56 Å². The van der Waals surface area contributed by atoms with Crippen molar-refractivity contribution in [2.45, 2.75) is 31.4 Å². The molecular weight excluding hydrogens is 366 g/mol. The summed E-state index contributed by atoms with van der Waals surface area (Å²) in [4.78, 5) is 8.60. The van der Waals surface area contributed by atoms with Crippen molar-refractivity contribution in [2.75, 3.05) is 5.73 Å². The van der Waals surface area contributed by atoms with E-state index in [1.807, 2.05) is 59.3 Å². The SMILES string of the molecule is Nc1ncnc2c1c(-c1ccc(Oc3ccccc3)cc1)nn2C1CCC(O)C1. The van der Waals surface area contributed by atoms with Crippen LogP contribution in [0.5, 0.6) is 11.5 Å². The zero-order valence-corrected chi connectivity index (χ0v) is 15.8. The van der Waals surface area contributed by atoms with Crippen molar-refractivity contribution in [2.24, 2.45) is 0 Å². The molecule has 4 aromatic rings. The second-order valence-electron chi connectivity index (χ2n) is 7.31. The van der Waals surface area contributed by atoms with E-state index in [1.54, 1.807) is 0 Å². The molecule has 2 unspecified atom stereocenters. The van der Waals surface area contributed by atoms with Gasteiger partial charge in [-0.15, -0.1) is 0 Å². The van der Waals surface area contributed by atoms with E-state index in [0.29, 0.717) is 17.9 Å². The number of nitrogens with two attached hydrogens (primary N) is 1. The van der Waals surface area contributed by atoms with E-state index in [9.17, 15) is 5.11 Å². The van der Waals surface area contributed by atoms with Gasteiger partial charge in [0.05, 0.1) is 17.5 Å². The van der Waals surface area contributed by atoms with E-state index >= 15 is 0 Å². The second kappa shape index (κ2) is 7.18. The fourth-order valence-corrected chi connectivity index (χ4v) is 3.91. The summed E-state index contributed by atoms with van der Waals surface area (Å²) < 4.78 is 7.77. The Bertz CT molecular complexity index is 1140. The first-order valence-corrected chi connectivity index (χ1v) is 9.69. The summed E-state index contributed by atoms with van der Waals surface area (Å²) >= 11 is 0. The molecule has 0 aliphatic heterocycles. The summed E-state index contributed by atoms with van der Waals surface area (Å²) in [7, 11) is 0. The van der Waals surface area contributed by atoms with Crippen LogP contribution in [0.2, 0.25) is 0 Å². The van der Waals surface area contributed by atoms with Gasteiger partial charge in [-0.25, -0.2) is 14.6 Å². The zero-order valence-electron chi connectivity index (χ0n) is 15.8. The maximum absolute atomic E-state index is 9.95. The van der Waals surface area contributed by atoms with E-state index in [-0.39, 0.29) is 12.1 Å². The molecule has 0 bridgehead atoms. The Hall–Kier alpha value is -3.45. The van der Waals surface area contributed by atoms with Crippen LogP contribution in [0, 0.1) is 0 Å². The lowest BCUT2D eigenvalue weighted by atomic mass is 10.1. The van der Waals surface area contributed by atoms with Crippen LogP contribution in [-0.4, -0.2) is 31.0 Å². The molecule has 1 aliphatic rings.